The van der Waals surface area contributed by atoms with Crippen LogP contribution in [0.4, 0.5) is 19.3 Å². The van der Waals surface area contributed by atoms with Gasteiger partial charge in [-0.3, -0.25) is 4.79 Å². The van der Waals surface area contributed by atoms with Crippen LogP contribution in [0.5, 0.6) is 0 Å². The fourth-order valence-corrected chi connectivity index (χ4v) is 4.97. The van der Waals surface area contributed by atoms with Gasteiger partial charge in [-0.05, 0) is 28.8 Å². The number of fused-ring (bicyclic) bond motifs is 1. The van der Waals surface area contributed by atoms with Gasteiger partial charge < -0.3 is 20.2 Å². The maximum Gasteiger partial charge on any atom is 0.322 e. The second kappa shape index (κ2) is 8.87. The van der Waals surface area contributed by atoms with Crippen molar-refractivity contribution in [2.45, 2.75) is 18.0 Å². The van der Waals surface area contributed by atoms with Crippen molar-refractivity contribution in [2.24, 2.45) is 0 Å². The molecule has 3 aromatic carbocycles. The van der Waals surface area contributed by atoms with Crippen LogP contribution in [0.2, 0.25) is 0 Å². The van der Waals surface area contributed by atoms with Crippen molar-refractivity contribution in [1.82, 2.24) is 9.80 Å². The van der Waals surface area contributed by atoms with E-state index < -0.39 is 17.7 Å². The number of nitrogens with one attached hydrogen (secondary N) is 1. The number of benzene rings is 3. The van der Waals surface area contributed by atoms with Crippen molar-refractivity contribution < 1.29 is 23.5 Å². The molecule has 0 radical (unpaired) electrons. The third-order valence-corrected chi connectivity index (χ3v) is 6.61. The van der Waals surface area contributed by atoms with Crippen LogP contribution in [-0.2, 0) is 4.79 Å². The molecule has 0 aliphatic carbocycles. The minimum Gasteiger partial charge on any atom is -0.394 e. The predicted molar refractivity (Wildman–Crippen MR) is 123 cm³/mol. The standard InChI is InChI=1S/C26H23F2N3O3/c27-19-10-11-20(28)21(12-19)29-26(34)30-13-22-25(23(15-32)31(22)24(33)14-30)18-8-6-17(7-9-18)16-4-2-1-3-5-16/h1-12,22-23,25,32H,13-15H2,(H,29,34)/t22-,23+,25-/m0/s1. The quantitative estimate of drug-likeness (QED) is 0.618. The van der Waals surface area contributed by atoms with Gasteiger partial charge in [-0.15, -0.1) is 0 Å². The summed E-state index contributed by atoms with van der Waals surface area (Å²) < 4.78 is 27.4. The van der Waals surface area contributed by atoms with E-state index in [1.54, 1.807) is 4.90 Å². The minimum atomic E-state index is -0.764. The normalized spacial score (nSPS) is 21.6. The lowest BCUT2D eigenvalue weighted by atomic mass is 9.73. The Morgan fingerprint density at radius 3 is 2.41 bits per heavy atom. The fraction of sp³-hybridized carbons (Fsp3) is 0.231. The predicted octanol–water partition coefficient (Wildman–Crippen LogP) is 3.83. The number of carbonyl (C=O) groups is 2. The van der Waals surface area contributed by atoms with E-state index in [0.717, 1.165) is 34.9 Å². The van der Waals surface area contributed by atoms with Crippen LogP contribution in [-0.4, -0.2) is 58.6 Å². The summed E-state index contributed by atoms with van der Waals surface area (Å²) in [6.45, 7) is -0.167. The Kier molecular flexibility index (Phi) is 5.75. The van der Waals surface area contributed by atoms with Gasteiger partial charge in [0.1, 0.15) is 18.2 Å². The second-order valence-corrected chi connectivity index (χ2v) is 8.57. The first kappa shape index (κ1) is 22.0. The second-order valence-electron chi connectivity index (χ2n) is 8.57. The molecule has 2 fully saturated rings. The number of piperazine rings is 1. The number of hydrogen-bond donors (Lipinski definition) is 2. The number of aliphatic hydroxyl groups is 1. The minimum absolute atomic E-state index is 0.153. The molecule has 8 heteroatoms. The summed E-state index contributed by atoms with van der Waals surface area (Å²) in [6.07, 6.45) is 0. The van der Waals surface area contributed by atoms with Gasteiger partial charge >= 0.3 is 6.03 Å². The first-order chi connectivity index (χ1) is 16.5. The first-order valence-electron chi connectivity index (χ1n) is 11.0. The Morgan fingerprint density at radius 2 is 1.71 bits per heavy atom. The molecule has 0 saturated carbocycles. The van der Waals surface area contributed by atoms with Crippen molar-refractivity contribution in [1.29, 1.82) is 0 Å². The fourth-order valence-electron chi connectivity index (χ4n) is 4.97. The van der Waals surface area contributed by atoms with Gasteiger partial charge in [-0.2, -0.15) is 0 Å². The van der Waals surface area contributed by atoms with Crippen molar-refractivity contribution in [3.05, 3.63) is 90.0 Å². The van der Waals surface area contributed by atoms with Crippen molar-refractivity contribution in [3.63, 3.8) is 0 Å². The topological polar surface area (TPSA) is 72.9 Å². The lowest BCUT2D eigenvalue weighted by Gasteiger charge is -2.58. The molecule has 0 bridgehead atoms. The molecule has 0 aromatic heterocycles. The number of halogens is 2. The number of anilines is 1. The maximum absolute atomic E-state index is 14.0. The van der Waals surface area contributed by atoms with E-state index in [2.05, 4.69) is 5.32 Å². The highest BCUT2D eigenvalue weighted by atomic mass is 19.1. The highest BCUT2D eigenvalue weighted by Crippen LogP contribution is 2.43. The number of urea groups is 1. The molecule has 174 valence electrons. The molecular weight excluding hydrogens is 440 g/mol. The number of hydrogen-bond acceptors (Lipinski definition) is 3. The summed E-state index contributed by atoms with van der Waals surface area (Å²) in [4.78, 5) is 28.5. The summed E-state index contributed by atoms with van der Waals surface area (Å²) in [7, 11) is 0. The van der Waals surface area contributed by atoms with Gasteiger partial charge in [-0.1, -0.05) is 54.6 Å². The van der Waals surface area contributed by atoms with Gasteiger partial charge in [-0.25, -0.2) is 13.6 Å². The molecule has 34 heavy (non-hydrogen) atoms. The number of rotatable bonds is 4. The van der Waals surface area contributed by atoms with Gasteiger partial charge in [0.05, 0.1) is 24.4 Å². The Labute approximate surface area is 195 Å². The number of amides is 3. The van der Waals surface area contributed by atoms with E-state index in [1.165, 1.54) is 4.90 Å². The van der Waals surface area contributed by atoms with E-state index in [1.807, 2.05) is 54.6 Å². The summed E-state index contributed by atoms with van der Waals surface area (Å²) in [6, 6.07) is 19.3. The monoisotopic (exact) mass is 463 g/mol. The highest BCUT2D eigenvalue weighted by Gasteiger charge is 2.54. The summed E-state index contributed by atoms with van der Waals surface area (Å²) in [5.41, 5.74) is 2.82. The molecule has 0 unspecified atom stereocenters. The third kappa shape index (κ3) is 3.90. The molecule has 2 N–H and O–H groups in total. The Balaban J connectivity index is 1.35. The van der Waals surface area contributed by atoms with Crippen LogP contribution < -0.4 is 5.32 Å². The maximum atomic E-state index is 14.0. The molecule has 3 aromatic rings. The van der Waals surface area contributed by atoms with Crippen LogP contribution in [0, 0.1) is 11.6 Å². The van der Waals surface area contributed by atoms with Crippen LogP contribution in [0.3, 0.4) is 0 Å². The zero-order chi connectivity index (χ0) is 23.8. The molecule has 3 atom stereocenters. The van der Waals surface area contributed by atoms with Crippen molar-refractivity contribution in [2.75, 3.05) is 25.0 Å². The molecule has 0 spiro atoms. The number of aliphatic hydroxyl groups excluding tert-OH is 1. The molecule has 2 heterocycles. The summed E-state index contributed by atoms with van der Waals surface area (Å²) in [5.74, 6) is -1.89. The highest BCUT2D eigenvalue weighted by molar-refractivity contribution is 5.94. The SMILES string of the molecule is O=C(Nc1cc(F)ccc1F)N1CC(=O)N2[C@H](CO)[C@@H](c3ccc(-c4ccccc4)cc3)[C@@H]2C1. The van der Waals surface area contributed by atoms with Crippen LogP contribution in [0.1, 0.15) is 11.5 Å². The average Bonchev–Trinajstić information content (AvgIpc) is 2.83. The average molecular weight is 463 g/mol. The third-order valence-electron chi connectivity index (χ3n) is 6.61. The molecule has 2 saturated heterocycles. The summed E-state index contributed by atoms with van der Waals surface area (Å²) >= 11 is 0. The van der Waals surface area contributed by atoms with Crippen LogP contribution in [0.15, 0.2) is 72.8 Å². The molecule has 5 rings (SSSR count). The van der Waals surface area contributed by atoms with Gasteiger partial charge in [0.25, 0.3) is 0 Å². The Hall–Kier alpha value is -3.78. The molecule has 2 aliphatic rings. The molecule has 6 nitrogen and oxygen atoms in total. The Morgan fingerprint density at radius 1 is 1.00 bits per heavy atom. The van der Waals surface area contributed by atoms with E-state index in [-0.39, 0.29) is 49.3 Å². The zero-order valence-corrected chi connectivity index (χ0v) is 18.2. The van der Waals surface area contributed by atoms with E-state index >= 15 is 0 Å². The first-order valence-corrected chi connectivity index (χ1v) is 11.0. The van der Waals surface area contributed by atoms with Crippen LogP contribution in [0.25, 0.3) is 11.1 Å². The van der Waals surface area contributed by atoms with E-state index in [4.69, 9.17) is 0 Å². The number of nitrogens with zero attached hydrogens (tertiary/aromatic N) is 2. The van der Waals surface area contributed by atoms with Crippen LogP contribution >= 0.6 is 0 Å². The van der Waals surface area contributed by atoms with Gasteiger partial charge in [0.15, 0.2) is 0 Å². The Bertz CT molecular complexity index is 1220. The molecular formula is C26H23F2N3O3. The molecule has 2 aliphatic heterocycles. The zero-order valence-electron chi connectivity index (χ0n) is 18.2. The van der Waals surface area contributed by atoms with E-state index in [0.29, 0.717) is 0 Å². The van der Waals surface area contributed by atoms with Crippen molar-refractivity contribution >= 4 is 17.6 Å². The van der Waals surface area contributed by atoms with Crippen molar-refractivity contribution in [3.8, 4) is 11.1 Å². The summed E-state index contributed by atoms with van der Waals surface area (Å²) in [5, 5.41) is 12.3. The largest absolute Gasteiger partial charge is 0.394 e. The number of carbonyl (C=O) groups excluding carboxylic acids is 2. The molecule has 3 amide bonds. The van der Waals surface area contributed by atoms with Gasteiger partial charge in [0.2, 0.25) is 5.91 Å². The van der Waals surface area contributed by atoms with Gasteiger partial charge in [0, 0.05) is 18.5 Å². The smallest absolute Gasteiger partial charge is 0.322 e. The van der Waals surface area contributed by atoms with E-state index in [9.17, 15) is 23.5 Å². The lowest BCUT2D eigenvalue weighted by molar-refractivity contribution is -0.159. The lowest BCUT2D eigenvalue weighted by Crippen LogP contribution is -2.73.